The zero-order valence-electron chi connectivity index (χ0n) is 13.1. The van der Waals surface area contributed by atoms with Gasteiger partial charge in [0, 0.05) is 44.6 Å². The van der Waals surface area contributed by atoms with E-state index in [1.807, 2.05) is 7.05 Å². The molecule has 1 fully saturated rings. The molecule has 6 nitrogen and oxygen atoms in total. The van der Waals surface area contributed by atoms with Gasteiger partial charge in [-0.05, 0) is 13.0 Å². The summed E-state index contributed by atoms with van der Waals surface area (Å²) in [5.41, 5.74) is 0. The van der Waals surface area contributed by atoms with Gasteiger partial charge in [0.1, 0.15) is 5.01 Å². The fourth-order valence-corrected chi connectivity index (χ4v) is 3.62. The van der Waals surface area contributed by atoms with Crippen LogP contribution in [0, 0.1) is 11.8 Å². The summed E-state index contributed by atoms with van der Waals surface area (Å²) in [5, 5.41) is 29.2. The van der Waals surface area contributed by atoms with E-state index in [-0.39, 0.29) is 19.1 Å². The normalized spacial score (nSPS) is 22.7. The van der Waals surface area contributed by atoms with E-state index in [4.69, 9.17) is 5.11 Å². The molecule has 120 valence electrons. The third-order valence-electron chi connectivity index (χ3n) is 4.03. The molecule has 2 rings (SSSR count). The minimum atomic E-state index is 0.172. The molecule has 2 N–H and O–H groups in total. The Morgan fingerprint density at radius 1 is 1.29 bits per heavy atom. The van der Waals surface area contributed by atoms with Gasteiger partial charge in [-0.2, -0.15) is 0 Å². The average Bonchev–Trinajstić information content (AvgIpc) is 3.04. The molecule has 0 unspecified atom stereocenters. The van der Waals surface area contributed by atoms with Crippen LogP contribution in [0.2, 0.25) is 0 Å². The number of anilines is 1. The molecular weight excluding hydrogens is 288 g/mol. The van der Waals surface area contributed by atoms with Crippen molar-refractivity contribution >= 4 is 16.5 Å². The molecule has 0 radical (unpaired) electrons. The fraction of sp³-hybridized carbons (Fsp3) is 0.857. The maximum atomic E-state index is 9.61. The molecule has 2 heterocycles. The summed E-state index contributed by atoms with van der Waals surface area (Å²) in [4.78, 5) is 4.36. The number of aliphatic hydroxyl groups is 2. The van der Waals surface area contributed by atoms with Crippen LogP contribution < -0.4 is 4.90 Å². The highest BCUT2D eigenvalue weighted by Crippen LogP contribution is 2.32. The van der Waals surface area contributed by atoms with Gasteiger partial charge in [-0.3, -0.25) is 0 Å². The van der Waals surface area contributed by atoms with Gasteiger partial charge in [-0.15, -0.1) is 10.2 Å². The standard InChI is InChI=1S/C14H26N4O2S/c1-10(2)13-15-16-14(21-13)18-7-11(12(8-18)9-20)6-17(3)4-5-19/h10-12,19-20H,4-9H2,1-3H3/t11-,12-/m1/s1. The van der Waals surface area contributed by atoms with Crippen LogP contribution >= 0.6 is 11.3 Å². The fourth-order valence-electron chi connectivity index (χ4n) is 2.76. The summed E-state index contributed by atoms with van der Waals surface area (Å²) >= 11 is 1.65. The predicted octanol–water partition coefficient (Wildman–Crippen LogP) is 0.630. The van der Waals surface area contributed by atoms with Crippen LogP contribution in [0.1, 0.15) is 24.8 Å². The molecule has 1 saturated heterocycles. The van der Waals surface area contributed by atoms with E-state index in [0.29, 0.717) is 18.4 Å². The lowest BCUT2D eigenvalue weighted by atomic mass is 9.96. The quantitative estimate of drug-likeness (QED) is 0.769. The molecular formula is C14H26N4O2S. The van der Waals surface area contributed by atoms with E-state index in [1.54, 1.807) is 11.3 Å². The molecule has 0 amide bonds. The van der Waals surface area contributed by atoms with Crippen molar-refractivity contribution in [3.05, 3.63) is 5.01 Å². The number of aromatic nitrogens is 2. The molecule has 21 heavy (non-hydrogen) atoms. The van der Waals surface area contributed by atoms with Crippen molar-refractivity contribution in [2.45, 2.75) is 19.8 Å². The van der Waals surface area contributed by atoms with Crippen LogP contribution in [0.25, 0.3) is 0 Å². The number of likely N-dealkylation sites (N-methyl/N-ethyl adjacent to an activating group) is 1. The lowest BCUT2D eigenvalue weighted by Gasteiger charge is -2.22. The summed E-state index contributed by atoms with van der Waals surface area (Å²) in [6.07, 6.45) is 0. The number of nitrogens with zero attached hydrogens (tertiary/aromatic N) is 4. The minimum Gasteiger partial charge on any atom is -0.396 e. The first-order valence-electron chi connectivity index (χ1n) is 7.53. The lowest BCUT2D eigenvalue weighted by molar-refractivity contribution is 0.160. The molecule has 1 aromatic rings. The number of rotatable bonds is 7. The molecule has 7 heteroatoms. The maximum absolute atomic E-state index is 9.61. The Bertz CT molecular complexity index is 440. The van der Waals surface area contributed by atoms with Crippen molar-refractivity contribution in [3.8, 4) is 0 Å². The maximum Gasteiger partial charge on any atom is 0.208 e. The Labute approximate surface area is 130 Å². The average molecular weight is 314 g/mol. The minimum absolute atomic E-state index is 0.172. The smallest absolute Gasteiger partial charge is 0.208 e. The van der Waals surface area contributed by atoms with Crippen molar-refractivity contribution < 1.29 is 10.2 Å². The molecule has 1 aromatic heterocycles. The van der Waals surface area contributed by atoms with Gasteiger partial charge in [0.15, 0.2) is 0 Å². The summed E-state index contributed by atoms with van der Waals surface area (Å²) in [7, 11) is 2.01. The van der Waals surface area contributed by atoms with Gasteiger partial charge in [-0.25, -0.2) is 0 Å². The Balaban J connectivity index is 2.00. The Morgan fingerprint density at radius 2 is 2.00 bits per heavy atom. The second-order valence-electron chi connectivity index (χ2n) is 6.17. The zero-order valence-corrected chi connectivity index (χ0v) is 13.9. The zero-order chi connectivity index (χ0) is 15.4. The van der Waals surface area contributed by atoms with Crippen LogP contribution in [-0.4, -0.2) is 71.8 Å². The summed E-state index contributed by atoms with van der Waals surface area (Å²) in [6, 6.07) is 0. The number of aliphatic hydroxyl groups excluding tert-OH is 2. The third kappa shape index (κ3) is 4.12. The highest BCUT2D eigenvalue weighted by Gasteiger charge is 2.34. The summed E-state index contributed by atoms with van der Waals surface area (Å²) in [6.45, 7) is 7.90. The SMILES string of the molecule is CC(C)c1nnc(N2C[C@@H](CN(C)CCO)[C@@H](CO)C2)s1. The van der Waals surface area contributed by atoms with Crippen LogP contribution in [0.15, 0.2) is 0 Å². The van der Waals surface area contributed by atoms with E-state index in [1.165, 1.54) is 0 Å². The van der Waals surface area contributed by atoms with Crippen molar-refractivity contribution in [2.24, 2.45) is 11.8 Å². The first-order valence-corrected chi connectivity index (χ1v) is 8.35. The predicted molar refractivity (Wildman–Crippen MR) is 84.9 cm³/mol. The van der Waals surface area contributed by atoms with E-state index < -0.39 is 0 Å². The lowest BCUT2D eigenvalue weighted by Crippen LogP contribution is -2.33. The van der Waals surface area contributed by atoms with Gasteiger partial charge >= 0.3 is 0 Å². The van der Waals surface area contributed by atoms with Crippen molar-refractivity contribution in [1.29, 1.82) is 0 Å². The molecule has 0 bridgehead atoms. The monoisotopic (exact) mass is 314 g/mol. The summed E-state index contributed by atoms with van der Waals surface area (Å²) < 4.78 is 0. The highest BCUT2D eigenvalue weighted by atomic mass is 32.1. The molecule has 0 aromatic carbocycles. The van der Waals surface area contributed by atoms with Crippen LogP contribution in [0.4, 0.5) is 5.13 Å². The van der Waals surface area contributed by atoms with Gasteiger partial charge in [0.05, 0.1) is 6.61 Å². The Hall–Kier alpha value is -0.760. The van der Waals surface area contributed by atoms with Gasteiger partial charge in [-0.1, -0.05) is 25.2 Å². The summed E-state index contributed by atoms with van der Waals surface area (Å²) in [5.74, 6) is 1.06. The van der Waals surface area contributed by atoms with Crippen molar-refractivity contribution in [2.75, 3.05) is 51.3 Å². The van der Waals surface area contributed by atoms with E-state index in [9.17, 15) is 5.11 Å². The molecule has 0 aliphatic carbocycles. The highest BCUT2D eigenvalue weighted by molar-refractivity contribution is 7.15. The first-order chi connectivity index (χ1) is 10.0. The Morgan fingerprint density at radius 3 is 2.57 bits per heavy atom. The van der Waals surface area contributed by atoms with E-state index in [0.717, 1.165) is 29.8 Å². The number of hydrogen-bond acceptors (Lipinski definition) is 7. The Kier molecular flexibility index (Phi) is 5.92. The molecule has 1 aliphatic rings. The van der Waals surface area contributed by atoms with Crippen molar-refractivity contribution in [1.82, 2.24) is 15.1 Å². The first kappa shape index (κ1) is 16.6. The molecule has 0 saturated carbocycles. The second kappa shape index (κ2) is 7.49. The van der Waals surface area contributed by atoms with Crippen LogP contribution in [0.5, 0.6) is 0 Å². The topological polar surface area (TPSA) is 72.7 Å². The van der Waals surface area contributed by atoms with Gasteiger partial charge in [0.25, 0.3) is 0 Å². The molecule has 1 aliphatic heterocycles. The third-order valence-corrected chi connectivity index (χ3v) is 5.32. The second-order valence-corrected chi connectivity index (χ2v) is 7.16. The van der Waals surface area contributed by atoms with Crippen LogP contribution in [-0.2, 0) is 0 Å². The van der Waals surface area contributed by atoms with Crippen molar-refractivity contribution in [3.63, 3.8) is 0 Å². The van der Waals surface area contributed by atoms with Gasteiger partial charge in [0.2, 0.25) is 5.13 Å². The largest absolute Gasteiger partial charge is 0.396 e. The van der Waals surface area contributed by atoms with E-state index in [2.05, 4.69) is 33.8 Å². The number of hydrogen-bond donors (Lipinski definition) is 2. The van der Waals surface area contributed by atoms with E-state index >= 15 is 0 Å². The van der Waals surface area contributed by atoms with Gasteiger partial charge < -0.3 is 20.0 Å². The molecule has 2 atom stereocenters. The molecule has 0 spiro atoms. The van der Waals surface area contributed by atoms with Crippen LogP contribution in [0.3, 0.4) is 0 Å².